The molecule has 0 amide bonds. The second-order valence-electron chi connectivity index (χ2n) is 8.21. The van der Waals surface area contributed by atoms with Gasteiger partial charge in [0.05, 0.1) is 20.1 Å². The van der Waals surface area contributed by atoms with E-state index in [4.69, 9.17) is 15.1 Å². The van der Waals surface area contributed by atoms with Crippen molar-refractivity contribution in [2.75, 3.05) is 13.2 Å². The summed E-state index contributed by atoms with van der Waals surface area (Å²) in [6, 6.07) is 0. The Balaban J connectivity index is 1.93. The Kier molecular flexibility index (Phi) is 10.5. The van der Waals surface area contributed by atoms with E-state index < -0.39 is 0 Å². The molecule has 2 unspecified atom stereocenters. The molecule has 0 aromatic carbocycles. The van der Waals surface area contributed by atoms with Crippen LogP contribution in [0.5, 0.6) is 0 Å². The maximum atomic E-state index is 7.56. The Morgan fingerprint density at radius 1 is 1.19 bits per heavy atom. The highest BCUT2D eigenvalue weighted by Crippen LogP contribution is 2.45. The van der Waals surface area contributed by atoms with E-state index in [1.165, 1.54) is 32.1 Å². The van der Waals surface area contributed by atoms with E-state index in [0.29, 0.717) is 30.5 Å². The van der Waals surface area contributed by atoms with Gasteiger partial charge in [-0.25, -0.2) is 0 Å². The summed E-state index contributed by atoms with van der Waals surface area (Å²) >= 11 is 0. The van der Waals surface area contributed by atoms with Gasteiger partial charge in [-0.1, -0.05) is 38.3 Å². The number of hydrogen-bond donors (Lipinski definition) is 0. The van der Waals surface area contributed by atoms with Crippen LogP contribution in [0.15, 0.2) is 12.2 Å². The molecule has 0 aliphatic heterocycles. The van der Waals surface area contributed by atoms with Crippen molar-refractivity contribution in [3.05, 3.63) is 12.2 Å². The summed E-state index contributed by atoms with van der Waals surface area (Å²) in [6.45, 7) is 5.87. The molecule has 152 valence electrons. The Hall–Kier alpha value is 0.480. The predicted molar refractivity (Wildman–Crippen MR) is 116 cm³/mol. The normalized spacial score (nSPS) is 32.7. The van der Waals surface area contributed by atoms with Gasteiger partial charge in [-0.2, -0.15) is 0 Å². The SMILES string of the molecule is [3H]PO[C@@H]1C[C@H](C)[C@H](C/C=C\COCC)[C@H]1CC[C@H](OP)C1CCCCC1. The van der Waals surface area contributed by atoms with Crippen LogP contribution >= 0.6 is 18.9 Å². The van der Waals surface area contributed by atoms with Gasteiger partial charge in [-0.15, -0.1) is 0 Å². The maximum Gasteiger partial charge on any atom is 0.0851 e. The lowest BCUT2D eigenvalue weighted by molar-refractivity contribution is 0.0933. The van der Waals surface area contributed by atoms with Gasteiger partial charge in [0.2, 0.25) is 0 Å². The topological polar surface area (TPSA) is 27.7 Å². The summed E-state index contributed by atoms with van der Waals surface area (Å²) in [5.74, 6) is 2.55. The van der Waals surface area contributed by atoms with Crippen molar-refractivity contribution in [3.63, 3.8) is 0 Å². The van der Waals surface area contributed by atoms with Crippen LogP contribution in [0.25, 0.3) is 0 Å². The average Bonchev–Trinajstić information content (AvgIpc) is 2.98. The van der Waals surface area contributed by atoms with Crippen molar-refractivity contribution >= 4 is 18.9 Å². The second-order valence-corrected chi connectivity index (χ2v) is 8.72. The van der Waals surface area contributed by atoms with Crippen molar-refractivity contribution in [2.45, 2.75) is 83.8 Å². The third-order valence-electron chi connectivity index (χ3n) is 6.64. The molecule has 0 saturated heterocycles. The van der Waals surface area contributed by atoms with Gasteiger partial charge < -0.3 is 13.8 Å². The van der Waals surface area contributed by atoms with Crippen LogP contribution in [0.4, 0.5) is 0 Å². The minimum Gasteiger partial charge on any atom is -0.378 e. The largest absolute Gasteiger partial charge is 0.378 e. The molecule has 0 N–H and O–H groups in total. The van der Waals surface area contributed by atoms with Crippen molar-refractivity contribution in [1.29, 1.82) is 1.28 Å². The van der Waals surface area contributed by atoms with E-state index in [1.807, 2.05) is 6.92 Å². The first-order valence-electron chi connectivity index (χ1n) is 11.1. The summed E-state index contributed by atoms with van der Waals surface area (Å²) in [5.41, 5.74) is 0. The first kappa shape index (κ1) is 21.2. The first-order chi connectivity index (χ1) is 13.2. The molecular formula is C21H40O3P2. The summed E-state index contributed by atoms with van der Waals surface area (Å²) in [5, 5.41) is 0. The van der Waals surface area contributed by atoms with Crippen LogP contribution in [-0.2, 0) is 13.8 Å². The zero-order chi connectivity index (χ0) is 19.5. The lowest BCUT2D eigenvalue weighted by atomic mass is 9.80. The summed E-state index contributed by atoms with van der Waals surface area (Å²) in [4.78, 5) is 0. The highest BCUT2D eigenvalue weighted by Gasteiger charge is 2.40. The fourth-order valence-electron chi connectivity index (χ4n) is 5.14. The average molecular weight is 405 g/mol. The standard InChI is InChI=1S/C21H40O3P2/c1-3-22-14-8-7-11-18-16(2)15-21(24-26)19(18)12-13-20(23-25)17-9-5-4-6-10-17/h7-8,16-21H,3-6,9-15,25-26H2,1-2H3/b8-7-/t16-,18-,19+,20-,21+/m0/s1/i26T/t16-,18-,19+,20-,21+,26?. The van der Waals surface area contributed by atoms with Crippen LogP contribution in [0.1, 0.15) is 71.6 Å². The molecule has 2 aliphatic carbocycles. The number of rotatable bonds is 12. The van der Waals surface area contributed by atoms with Crippen LogP contribution < -0.4 is 0 Å². The zero-order valence-electron chi connectivity index (χ0n) is 17.7. The van der Waals surface area contributed by atoms with Crippen LogP contribution in [0.2, 0.25) is 0 Å². The lowest BCUT2D eigenvalue weighted by Gasteiger charge is -2.31. The fourth-order valence-corrected chi connectivity index (χ4v) is 5.77. The molecule has 2 aliphatic rings. The molecule has 0 aromatic heterocycles. The van der Waals surface area contributed by atoms with Gasteiger partial charge in [0, 0.05) is 25.5 Å². The zero-order valence-corrected chi connectivity index (χ0v) is 18.9. The Bertz CT molecular complexity index is 418. The fraction of sp³-hybridized carbons (Fsp3) is 0.905. The Labute approximate surface area is 167 Å². The van der Waals surface area contributed by atoms with Crippen molar-refractivity contribution in [2.24, 2.45) is 23.7 Å². The van der Waals surface area contributed by atoms with E-state index in [-0.39, 0.29) is 15.5 Å². The van der Waals surface area contributed by atoms with Gasteiger partial charge in [0.15, 0.2) is 0 Å². The molecule has 2 saturated carbocycles. The highest BCUT2D eigenvalue weighted by molar-refractivity contribution is 7.10. The van der Waals surface area contributed by atoms with Gasteiger partial charge in [-0.05, 0) is 69.1 Å². The summed E-state index contributed by atoms with van der Waals surface area (Å²) in [6.07, 6.45) is 16.2. The molecule has 2 rings (SSSR count). The molecule has 0 aromatic rings. The highest BCUT2D eigenvalue weighted by atomic mass is 31.0. The molecule has 26 heavy (non-hydrogen) atoms. The number of allylic oxidation sites excluding steroid dienone is 1. The molecule has 5 heteroatoms. The van der Waals surface area contributed by atoms with Crippen LogP contribution in [0.3, 0.4) is 0 Å². The van der Waals surface area contributed by atoms with Gasteiger partial charge >= 0.3 is 0 Å². The maximum absolute atomic E-state index is 7.56. The van der Waals surface area contributed by atoms with Gasteiger partial charge in [0.1, 0.15) is 0 Å². The summed E-state index contributed by atoms with van der Waals surface area (Å²) in [7, 11) is 2.36. The van der Waals surface area contributed by atoms with E-state index >= 15 is 0 Å². The quantitative estimate of drug-likeness (QED) is 0.228. The third-order valence-corrected chi connectivity index (χ3v) is 7.29. The lowest BCUT2D eigenvalue weighted by Crippen LogP contribution is -2.27. The molecular weight excluding hydrogens is 362 g/mol. The molecule has 2 fully saturated rings. The molecule has 0 spiro atoms. The Morgan fingerprint density at radius 3 is 2.69 bits per heavy atom. The minimum atomic E-state index is -0.160. The molecule has 7 atom stereocenters. The smallest absolute Gasteiger partial charge is 0.0851 e. The first-order valence-corrected chi connectivity index (χ1v) is 11.5. The molecule has 0 bridgehead atoms. The van der Waals surface area contributed by atoms with E-state index in [9.17, 15) is 0 Å². The number of hydrogen-bond acceptors (Lipinski definition) is 3. The van der Waals surface area contributed by atoms with Crippen molar-refractivity contribution in [1.82, 2.24) is 0 Å². The van der Waals surface area contributed by atoms with Gasteiger partial charge in [0.25, 0.3) is 0 Å². The van der Waals surface area contributed by atoms with Crippen molar-refractivity contribution in [3.8, 4) is 0 Å². The third kappa shape index (κ3) is 6.82. The number of ether oxygens (including phenoxy) is 1. The van der Waals surface area contributed by atoms with Crippen LogP contribution in [-0.4, -0.2) is 26.7 Å². The molecule has 0 heterocycles. The second kappa shape index (κ2) is 12.8. The minimum absolute atomic E-state index is 0.160. The van der Waals surface area contributed by atoms with Crippen LogP contribution in [0, 0.1) is 23.7 Å². The monoisotopic (exact) mass is 404 g/mol. The van der Waals surface area contributed by atoms with Crippen molar-refractivity contribution < 1.29 is 13.8 Å². The van der Waals surface area contributed by atoms with E-state index in [2.05, 4.69) is 28.5 Å². The Morgan fingerprint density at radius 2 is 2.00 bits per heavy atom. The van der Waals surface area contributed by atoms with Gasteiger partial charge in [-0.3, -0.25) is 0 Å². The van der Waals surface area contributed by atoms with E-state index in [1.54, 1.807) is 0 Å². The predicted octanol–water partition coefficient (Wildman–Crippen LogP) is 5.95. The molecule has 0 radical (unpaired) electrons. The summed E-state index contributed by atoms with van der Waals surface area (Å²) < 4.78 is 24.7. The van der Waals surface area contributed by atoms with E-state index in [0.717, 1.165) is 38.2 Å². The molecule has 3 nitrogen and oxygen atoms in total.